The molecule has 0 fully saturated rings. The van der Waals surface area contributed by atoms with Gasteiger partial charge in [0.2, 0.25) is 0 Å². The third-order valence-electron chi connectivity index (χ3n) is 1.49. The molecule has 76 valence electrons. The van der Waals surface area contributed by atoms with E-state index in [1.165, 1.54) is 0 Å². The van der Waals surface area contributed by atoms with Crippen LogP contribution in [0.25, 0.3) is 0 Å². The zero-order valence-corrected chi connectivity index (χ0v) is 8.16. The Morgan fingerprint density at radius 1 is 1.43 bits per heavy atom. The van der Waals surface area contributed by atoms with Gasteiger partial charge in [0.15, 0.2) is 0 Å². The zero-order chi connectivity index (χ0) is 10.4. The number of para-hydroxylation sites is 1. The van der Waals surface area contributed by atoms with E-state index in [1.807, 2.05) is 0 Å². The number of rotatable bonds is 4. The quantitative estimate of drug-likeness (QED) is 0.734. The van der Waals surface area contributed by atoms with Gasteiger partial charge in [0.05, 0.1) is 17.8 Å². The highest BCUT2D eigenvalue weighted by molar-refractivity contribution is 7.94. The van der Waals surface area contributed by atoms with E-state index >= 15 is 0 Å². The molecule has 14 heavy (non-hydrogen) atoms. The Balaban J connectivity index is 2.39. The van der Waals surface area contributed by atoms with E-state index in [2.05, 4.69) is 4.18 Å². The maximum absolute atomic E-state index is 10.5. The van der Waals surface area contributed by atoms with Crippen LogP contribution in [-0.2, 0) is 14.7 Å². The Labute approximate surface area is 85.7 Å². The summed E-state index contributed by atoms with van der Waals surface area (Å²) in [5.74, 6) is -0.163. The fourth-order valence-electron chi connectivity index (χ4n) is 0.818. The van der Waals surface area contributed by atoms with E-state index in [0.717, 1.165) is 12.0 Å². The zero-order valence-electron chi connectivity index (χ0n) is 7.34. The van der Waals surface area contributed by atoms with E-state index < -0.39 is 12.6 Å². The maximum atomic E-state index is 10.5. The van der Waals surface area contributed by atoms with Gasteiger partial charge in [-0.3, -0.25) is 0 Å². The van der Waals surface area contributed by atoms with E-state index in [1.54, 1.807) is 24.3 Å². The first-order chi connectivity index (χ1) is 6.74. The molecular formula is C9H10O4S. The van der Waals surface area contributed by atoms with E-state index in [-0.39, 0.29) is 5.75 Å². The fraction of sp³-hybridized carbons (Fsp3) is 0.222. The van der Waals surface area contributed by atoms with Crippen molar-refractivity contribution in [2.45, 2.75) is 5.75 Å². The third kappa shape index (κ3) is 3.27. The number of phenols is 1. The number of hydrogen-bond acceptors (Lipinski definition) is 5. The van der Waals surface area contributed by atoms with Crippen LogP contribution in [0.1, 0.15) is 5.56 Å². The molecule has 0 radical (unpaired) electrons. The highest BCUT2D eigenvalue weighted by atomic mass is 32.2. The smallest absolute Gasteiger partial charge is 0.343 e. The fourth-order valence-corrected chi connectivity index (χ4v) is 1.43. The number of aliphatic hydroxyl groups excluding tert-OH is 1. The van der Waals surface area contributed by atoms with Crippen molar-refractivity contribution in [3.8, 4) is 5.75 Å². The summed E-state index contributed by atoms with van der Waals surface area (Å²) >= 11 is 0.884. The van der Waals surface area contributed by atoms with Gasteiger partial charge in [0.1, 0.15) is 12.4 Å². The number of aliphatic hydroxyl groups is 1. The third-order valence-corrected chi connectivity index (χ3v) is 2.22. The molecule has 1 rings (SSSR count). The van der Waals surface area contributed by atoms with Crippen molar-refractivity contribution < 1.29 is 19.2 Å². The molecule has 0 unspecified atom stereocenters. The molecule has 0 heterocycles. The molecular weight excluding hydrogens is 204 g/mol. The van der Waals surface area contributed by atoms with Crippen LogP contribution in [0.3, 0.4) is 0 Å². The largest absolute Gasteiger partial charge is 0.508 e. The summed E-state index contributed by atoms with van der Waals surface area (Å²) in [7, 11) is 0. The van der Waals surface area contributed by atoms with Crippen LogP contribution in [0.5, 0.6) is 5.75 Å². The normalized spacial score (nSPS) is 9.79. The topological polar surface area (TPSA) is 66.8 Å². The Hall–Kier alpha value is -1.20. The van der Waals surface area contributed by atoms with E-state index in [9.17, 15) is 9.90 Å². The summed E-state index contributed by atoms with van der Waals surface area (Å²) in [6, 6.07) is 6.78. The van der Waals surface area contributed by atoms with Crippen LogP contribution in [0.15, 0.2) is 24.3 Å². The Bertz CT molecular complexity index is 313. The van der Waals surface area contributed by atoms with Crippen molar-refractivity contribution in [2.75, 3.05) is 6.61 Å². The van der Waals surface area contributed by atoms with Crippen LogP contribution in [0.2, 0.25) is 0 Å². The molecule has 1 aromatic carbocycles. The molecule has 5 heteroatoms. The minimum absolute atomic E-state index is 0.167. The lowest BCUT2D eigenvalue weighted by Crippen LogP contribution is -2.03. The summed E-state index contributed by atoms with van der Waals surface area (Å²) < 4.78 is 4.57. The summed E-state index contributed by atoms with van der Waals surface area (Å²) in [4.78, 5) is 10.5. The van der Waals surface area contributed by atoms with Crippen molar-refractivity contribution >= 4 is 18.0 Å². The number of hydrogen-bond donors (Lipinski definition) is 2. The molecule has 1 aromatic rings. The molecule has 0 saturated carbocycles. The predicted octanol–water partition coefficient (Wildman–Crippen LogP) is 1.08. The van der Waals surface area contributed by atoms with E-state index in [0.29, 0.717) is 11.3 Å². The van der Waals surface area contributed by atoms with Crippen molar-refractivity contribution in [3.63, 3.8) is 0 Å². The first-order valence-corrected chi connectivity index (χ1v) is 4.85. The molecule has 0 bridgehead atoms. The number of aromatic hydroxyl groups is 1. The van der Waals surface area contributed by atoms with Gasteiger partial charge >= 0.3 is 5.97 Å². The minimum Gasteiger partial charge on any atom is -0.508 e. The predicted molar refractivity (Wildman–Crippen MR) is 52.6 cm³/mol. The van der Waals surface area contributed by atoms with Crippen LogP contribution in [0.4, 0.5) is 0 Å². The standard InChI is InChI=1S/C9H10O4S/c10-5-9(12)13-14-6-7-3-1-2-4-8(7)11/h1-4,10-11H,5-6H2. The molecule has 0 saturated heterocycles. The summed E-state index contributed by atoms with van der Waals surface area (Å²) in [6.07, 6.45) is 0. The molecule has 4 nitrogen and oxygen atoms in total. The number of carbonyl (C=O) groups excluding carboxylic acids is 1. The molecule has 0 aliphatic carbocycles. The van der Waals surface area contributed by atoms with Crippen molar-refractivity contribution in [2.24, 2.45) is 0 Å². The van der Waals surface area contributed by atoms with Gasteiger partial charge in [-0.15, -0.1) is 0 Å². The average Bonchev–Trinajstić information content (AvgIpc) is 2.20. The Morgan fingerprint density at radius 2 is 2.14 bits per heavy atom. The van der Waals surface area contributed by atoms with Gasteiger partial charge in [-0.2, -0.15) is 0 Å². The SMILES string of the molecule is O=C(CO)OSCc1ccccc1O. The van der Waals surface area contributed by atoms with Crippen LogP contribution in [0, 0.1) is 0 Å². The Morgan fingerprint density at radius 3 is 2.79 bits per heavy atom. The summed E-state index contributed by atoms with van der Waals surface area (Å²) in [5.41, 5.74) is 0.684. The molecule has 0 aliphatic rings. The lowest BCUT2D eigenvalue weighted by molar-refractivity contribution is -0.136. The lowest BCUT2D eigenvalue weighted by Gasteiger charge is -2.02. The number of phenolic OH excluding ortho intramolecular Hbond substituents is 1. The van der Waals surface area contributed by atoms with Gasteiger partial charge < -0.3 is 14.4 Å². The number of carbonyl (C=O) groups is 1. The molecule has 0 aliphatic heterocycles. The molecule has 2 N–H and O–H groups in total. The maximum Gasteiger partial charge on any atom is 0.343 e. The van der Waals surface area contributed by atoms with Gasteiger partial charge in [0, 0.05) is 5.56 Å². The monoisotopic (exact) mass is 214 g/mol. The first-order valence-electron chi connectivity index (χ1n) is 3.94. The average molecular weight is 214 g/mol. The van der Waals surface area contributed by atoms with Gasteiger partial charge in [-0.05, 0) is 6.07 Å². The highest BCUT2D eigenvalue weighted by Gasteiger charge is 2.03. The second kappa shape index (κ2) is 5.51. The van der Waals surface area contributed by atoms with E-state index in [4.69, 9.17) is 5.11 Å². The molecule has 0 amide bonds. The van der Waals surface area contributed by atoms with Gasteiger partial charge in [0.25, 0.3) is 0 Å². The van der Waals surface area contributed by atoms with Crippen LogP contribution >= 0.6 is 12.0 Å². The Kier molecular flexibility index (Phi) is 4.28. The van der Waals surface area contributed by atoms with Gasteiger partial charge in [-0.25, -0.2) is 4.79 Å². The molecule has 0 atom stereocenters. The lowest BCUT2D eigenvalue weighted by atomic mass is 10.2. The minimum atomic E-state index is -0.689. The molecule has 0 spiro atoms. The summed E-state index contributed by atoms with van der Waals surface area (Å²) in [6.45, 7) is -0.631. The second-order valence-corrected chi connectivity index (χ2v) is 3.20. The molecule has 0 aromatic heterocycles. The van der Waals surface area contributed by atoms with Crippen molar-refractivity contribution in [3.05, 3.63) is 29.8 Å². The number of benzene rings is 1. The highest BCUT2D eigenvalue weighted by Crippen LogP contribution is 2.21. The van der Waals surface area contributed by atoms with Crippen LogP contribution < -0.4 is 0 Å². The van der Waals surface area contributed by atoms with Gasteiger partial charge in [-0.1, -0.05) is 18.2 Å². The van der Waals surface area contributed by atoms with Crippen molar-refractivity contribution in [1.29, 1.82) is 0 Å². The first kappa shape index (κ1) is 10.9. The second-order valence-electron chi connectivity index (χ2n) is 2.50. The summed E-state index contributed by atoms with van der Waals surface area (Å²) in [5, 5.41) is 17.7. The van der Waals surface area contributed by atoms with Crippen molar-refractivity contribution in [1.82, 2.24) is 0 Å². The van der Waals surface area contributed by atoms with Crippen LogP contribution in [-0.4, -0.2) is 22.8 Å².